The number of anilines is 1. The normalized spacial score (nSPS) is 16.8. The summed E-state index contributed by atoms with van der Waals surface area (Å²) in [6.45, 7) is 2.16. The maximum Gasteiger partial charge on any atom is 0.321 e. The van der Waals surface area contributed by atoms with Crippen molar-refractivity contribution in [2.24, 2.45) is 5.92 Å². The first-order valence-corrected chi connectivity index (χ1v) is 12.4. The minimum atomic E-state index is -1.20. The number of hydrogen-bond acceptors (Lipinski definition) is 7. The molecular weight excluding hydrogens is 486 g/mol. The molecule has 5 rings (SSSR count). The quantitative estimate of drug-likeness (QED) is 0.278. The lowest BCUT2D eigenvalue weighted by Crippen LogP contribution is -2.50. The van der Waals surface area contributed by atoms with Crippen LogP contribution in [0.3, 0.4) is 0 Å². The van der Waals surface area contributed by atoms with Crippen LogP contribution in [0.5, 0.6) is 17.2 Å². The van der Waals surface area contributed by atoms with Crippen molar-refractivity contribution in [2.45, 2.75) is 19.4 Å². The van der Waals surface area contributed by atoms with Crippen LogP contribution in [-0.2, 0) is 20.7 Å². The Labute approximate surface area is 220 Å². The number of aromatic hydroxyl groups is 1. The van der Waals surface area contributed by atoms with E-state index in [2.05, 4.69) is 0 Å². The van der Waals surface area contributed by atoms with E-state index >= 15 is 0 Å². The molecule has 196 valence electrons. The molecule has 0 unspecified atom stereocenters. The number of phenols is 1. The number of ether oxygens (including phenoxy) is 3. The van der Waals surface area contributed by atoms with Gasteiger partial charge in [0.2, 0.25) is 17.6 Å². The van der Waals surface area contributed by atoms with Gasteiger partial charge in [0.25, 0.3) is 0 Å². The predicted molar refractivity (Wildman–Crippen MR) is 142 cm³/mol. The van der Waals surface area contributed by atoms with Crippen LogP contribution in [0.4, 0.5) is 5.95 Å². The highest BCUT2D eigenvalue weighted by Crippen LogP contribution is 2.46. The molecule has 0 saturated heterocycles. The van der Waals surface area contributed by atoms with E-state index in [1.807, 2.05) is 59.2 Å². The molecule has 0 fully saturated rings. The number of amides is 1. The van der Waals surface area contributed by atoms with Gasteiger partial charge < -0.3 is 23.9 Å². The summed E-state index contributed by atoms with van der Waals surface area (Å²) in [5, 5.41) is 10.5. The minimum Gasteiger partial charge on any atom is -0.502 e. The van der Waals surface area contributed by atoms with Crippen LogP contribution < -0.4 is 14.4 Å². The summed E-state index contributed by atoms with van der Waals surface area (Å²) in [6, 6.07) is 19.8. The molecule has 1 aromatic heterocycles. The van der Waals surface area contributed by atoms with Crippen LogP contribution in [-0.4, -0.2) is 53.9 Å². The van der Waals surface area contributed by atoms with Gasteiger partial charge in [0.15, 0.2) is 17.4 Å². The van der Waals surface area contributed by atoms with Gasteiger partial charge >= 0.3 is 5.97 Å². The van der Waals surface area contributed by atoms with Crippen LogP contribution in [0, 0.1) is 5.92 Å². The molecule has 9 heteroatoms. The number of aromatic nitrogens is 2. The van der Waals surface area contributed by atoms with Gasteiger partial charge in [-0.25, -0.2) is 4.98 Å². The summed E-state index contributed by atoms with van der Waals surface area (Å²) in [6.07, 6.45) is 0.580. The second-order valence-electron chi connectivity index (χ2n) is 8.94. The van der Waals surface area contributed by atoms with Crippen LogP contribution in [0.25, 0.3) is 11.0 Å². The standard InChI is InChI=1S/C29H29N3O6/c1-4-38-28(35)24-25(19-16-22(36-2)26(33)23(17-19)37-3)32-21-13-9-8-12-20(21)30-29(32)31(27(24)34)15-14-18-10-6-5-7-11-18/h5-13,16-17,24-25,33H,4,14-15H2,1-3H3/t24-,25+/m1/s1. The van der Waals surface area contributed by atoms with Crippen molar-refractivity contribution in [3.63, 3.8) is 0 Å². The number of methoxy groups -OCH3 is 2. The zero-order chi connectivity index (χ0) is 26.8. The first kappa shape index (κ1) is 25.1. The summed E-state index contributed by atoms with van der Waals surface area (Å²) in [4.78, 5) is 34.0. The number of rotatable bonds is 8. The molecule has 0 radical (unpaired) electrons. The fourth-order valence-electron chi connectivity index (χ4n) is 5.03. The third-order valence-electron chi connectivity index (χ3n) is 6.80. The Hall–Kier alpha value is -4.53. The first-order valence-electron chi connectivity index (χ1n) is 12.4. The zero-order valence-electron chi connectivity index (χ0n) is 21.5. The topological polar surface area (TPSA) is 103 Å². The zero-order valence-corrected chi connectivity index (χ0v) is 21.5. The number of carbonyl (C=O) groups excluding carboxylic acids is 2. The molecule has 9 nitrogen and oxygen atoms in total. The van der Waals surface area contributed by atoms with E-state index in [9.17, 15) is 14.7 Å². The van der Waals surface area contributed by atoms with Crippen molar-refractivity contribution in [3.8, 4) is 17.2 Å². The Bertz CT molecular complexity index is 1460. The fourth-order valence-corrected chi connectivity index (χ4v) is 5.03. The number of phenolic OH excluding ortho intramolecular Hbond substituents is 1. The van der Waals surface area contributed by atoms with Gasteiger partial charge in [-0.05, 0) is 48.7 Å². The maximum absolute atomic E-state index is 14.1. The van der Waals surface area contributed by atoms with Gasteiger partial charge in [0.1, 0.15) is 0 Å². The number of hydrogen-bond donors (Lipinski definition) is 1. The number of benzene rings is 3. The number of nitrogens with zero attached hydrogens (tertiary/aromatic N) is 3. The van der Waals surface area contributed by atoms with Crippen LogP contribution in [0.2, 0.25) is 0 Å². The van der Waals surface area contributed by atoms with Gasteiger partial charge in [0.05, 0.1) is 37.9 Å². The number of esters is 1. The SMILES string of the molecule is CCOC(=O)[C@H]1C(=O)N(CCc2ccccc2)c2nc3ccccc3n2[C@H]1c1cc(OC)c(O)c(OC)c1. The van der Waals surface area contributed by atoms with Crippen LogP contribution in [0.1, 0.15) is 24.1 Å². The van der Waals surface area contributed by atoms with Crippen molar-refractivity contribution >= 4 is 28.9 Å². The molecule has 38 heavy (non-hydrogen) atoms. The largest absolute Gasteiger partial charge is 0.502 e. The lowest BCUT2D eigenvalue weighted by atomic mass is 9.88. The van der Waals surface area contributed by atoms with Crippen molar-refractivity contribution < 1.29 is 28.9 Å². The number of fused-ring (bicyclic) bond motifs is 3. The Morgan fingerprint density at radius 1 is 1.00 bits per heavy atom. The molecule has 4 aromatic rings. The van der Waals surface area contributed by atoms with E-state index in [-0.39, 0.29) is 23.9 Å². The molecule has 1 amide bonds. The summed E-state index contributed by atoms with van der Waals surface area (Å²) < 4.78 is 18.1. The van der Waals surface area contributed by atoms with E-state index in [0.29, 0.717) is 30.0 Å². The Morgan fingerprint density at radius 3 is 2.32 bits per heavy atom. The molecule has 3 aromatic carbocycles. The first-order chi connectivity index (χ1) is 18.5. The number of imidazole rings is 1. The average molecular weight is 516 g/mol. The Balaban J connectivity index is 1.73. The fraction of sp³-hybridized carbons (Fsp3) is 0.276. The molecule has 0 saturated carbocycles. The van der Waals surface area contributed by atoms with Crippen LogP contribution >= 0.6 is 0 Å². The molecule has 0 bridgehead atoms. The van der Waals surface area contributed by atoms with E-state index < -0.39 is 23.8 Å². The summed E-state index contributed by atoms with van der Waals surface area (Å²) in [7, 11) is 2.85. The number of para-hydroxylation sites is 2. The van der Waals surface area contributed by atoms with Crippen molar-refractivity contribution in [2.75, 3.05) is 32.3 Å². The summed E-state index contributed by atoms with van der Waals surface area (Å²) in [5.41, 5.74) is 3.04. The van der Waals surface area contributed by atoms with Crippen molar-refractivity contribution in [1.82, 2.24) is 9.55 Å². The van der Waals surface area contributed by atoms with E-state index in [0.717, 1.165) is 11.1 Å². The summed E-state index contributed by atoms with van der Waals surface area (Å²) >= 11 is 0. The summed E-state index contributed by atoms with van der Waals surface area (Å²) in [5.74, 6) is -1.66. The second-order valence-corrected chi connectivity index (χ2v) is 8.94. The third-order valence-corrected chi connectivity index (χ3v) is 6.80. The second kappa shape index (κ2) is 10.5. The average Bonchev–Trinajstić information content (AvgIpc) is 3.32. The van der Waals surface area contributed by atoms with Crippen LogP contribution in [0.15, 0.2) is 66.7 Å². The van der Waals surface area contributed by atoms with Gasteiger partial charge in [-0.3, -0.25) is 14.5 Å². The Kier molecular flexibility index (Phi) is 6.91. The lowest BCUT2D eigenvalue weighted by Gasteiger charge is -2.38. The molecule has 1 N–H and O–H groups in total. The van der Waals surface area contributed by atoms with E-state index in [1.165, 1.54) is 14.2 Å². The van der Waals surface area contributed by atoms with Gasteiger partial charge in [-0.2, -0.15) is 0 Å². The molecule has 2 heterocycles. The highest BCUT2D eigenvalue weighted by molar-refractivity contribution is 6.08. The molecule has 0 aliphatic carbocycles. The van der Waals surface area contributed by atoms with E-state index in [4.69, 9.17) is 19.2 Å². The molecular formula is C29H29N3O6. The van der Waals surface area contributed by atoms with Gasteiger partial charge in [-0.15, -0.1) is 0 Å². The monoisotopic (exact) mass is 515 g/mol. The smallest absolute Gasteiger partial charge is 0.321 e. The van der Waals surface area contributed by atoms with E-state index in [1.54, 1.807) is 24.0 Å². The molecule has 1 aliphatic rings. The predicted octanol–water partition coefficient (Wildman–Crippen LogP) is 4.12. The maximum atomic E-state index is 14.1. The Morgan fingerprint density at radius 2 is 1.66 bits per heavy atom. The van der Waals surface area contributed by atoms with Crippen molar-refractivity contribution in [3.05, 3.63) is 77.9 Å². The third kappa shape index (κ3) is 4.30. The van der Waals surface area contributed by atoms with Gasteiger partial charge in [0, 0.05) is 6.54 Å². The molecule has 0 spiro atoms. The molecule has 2 atom stereocenters. The lowest BCUT2D eigenvalue weighted by molar-refractivity contribution is -0.153. The molecule has 1 aliphatic heterocycles. The highest BCUT2D eigenvalue weighted by Gasteiger charge is 2.48. The minimum absolute atomic E-state index is 0.124. The number of carbonyl (C=O) groups is 2. The van der Waals surface area contributed by atoms with Crippen molar-refractivity contribution in [1.29, 1.82) is 0 Å². The highest BCUT2D eigenvalue weighted by atomic mass is 16.5. The van der Waals surface area contributed by atoms with Gasteiger partial charge in [-0.1, -0.05) is 42.5 Å².